The Balaban J connectivity index is 1.75. The zero-order chi connectivity index (χ0) is 17.4. The molecule has 1 aromatic heterocycles. The molecule has 4 rings (SSSR count). The van der Waals surface area contributed by atoms with Crippen molar-refractivity contribution in [1.29, 1.82) is 0 Å². The Hall–Kier alpha value is -1.95. The highest BCUT2D eigenvalue weighted by Crippen LogP contribution is 2.31. The summed E-state index contributed by atoms with van der Waals surface area (Å²) in [5.74, 6) is 0. The average Bonchev–Trinajstić information content (AvgIpc) is 3.21. The number of H-pyrrole nitrogens is 1. The fraction of sp³-hybridized carbons (Fsp3) is 0.300. The van der Waals surface area contributed by atoms with E-state index in [1.54, 1.807) is 12.1 Å². The maximum absolute atomic E-state index is 11.5. The molecule has 0 bridgehead atoms. The van der Waals surface area contributed by atoms with Gasteiger partial charge in [0.2, 0.25) is 0 Å². The number of aromatic amines is 1. The molecule has 2 aromatic carbocycles. The minimum absolute atomic E-state index is 0.342. The van der Waals surface area contributed by atoms with E-state index in [4.69, 9.17) is 0 Å². The van der Waals surface area contributed by atoms with Crippen LogP contribution >= 0.6 is 0 Å². The van der Waals surface area contributed by atoms with Crippen LogP contribution in [0.3, 0.4) is 0 Å². The van der Waals surface area contributed by atoms with Gasteiger partial charge in [-0.3, -0.25) is 4.21 Å². The van der Waals surface area contributed by atoms with E-state index < -0.39 is 11.1 Å². The first kappa shape index (κ1) is 16.5. The van der Waals surface area contributed by atoms with Crippen LogP contribution < -0.4 is 0 Å². The van der Waals surface area contributed by atoms with E-state index in [0.717, 1.165) is 23.1 Å². The monoisotopic (exact) mass is 353 g/mol. The van der Waals surface area contributed by atoms with Crippen LogP contribution in [-0.2, 0) is 17.5 Å². The molecule has 25 heavy (non-hydrogen) atoms. The standard InChI is InChI=1S/C20H22N2O2S/c1-22-10-4-5-16(22)11-15-13-21-19-9-8-14(12-18(15)19)17-6-2-3-7-20(17)25(23)24/h2-3,6-9,12-13,16,21H,4-5,10-11H2,1H3,(H,23,24)/p-1/t16-/m1/s1. The lowest BCUT2D eigenvalue weighted by Gasteiger charge is -2.19. The van der Waals surface area contributed by atoms with E-state index in [0.29, 0.717) is 10.9 Å². The Bertz CT molecular complexity index is 934. The van der Waals surface area contributed by atoms with E-state index in [1.165, 1.54) is 30.3 Å². The van der Waals surface area contributed by atoms with Gasteiger partial charge in [0.15, 0.2) is 0 Å². The van der Waals surface area contributed by atoms with Gasteiger partial charge in [0, 0.05) is 28.0 Å². The number of likely N-dealkylation sites (tertiary alicyclic amines) is 1. The largest absolute Gasteiger partial charge is 0.768 e. The second-order valence-corrected chi connectivity index (χ2v) is 7.70. The number of nitrogens with one attached hydrogen (secondary N) is 1. The summed E-state index contributed by atoms with van der Waals surface area (Å²) in [6, 6.07) is 13.9. The van der Waals surface area contributed by atoms with Crippen molar-refractivity contribution in [3.05, 3.63) is 54.2 Å². The molecule has 0 aliphatic carbocycles. The highest BCUT2D eigenvalue weighted by molar-refractivity contribution is 7.79. The molecule has 1 aliphatic rings. The molecule has 2 heterocycles. The number of hydrogen-bond acceptors (Lipinski definition) is 3. The molecule has 1 N–H and O–H groups in total. The van der Waals surface area contributed by atoms with E-state index in [9.17, 15) is 8.76 Å². The van der Waals surface area contributed by atoms with Crippen molar-refractivity contribution in [3.8, 4) is 11.1 Å². The molecule has 0 amide bonds. The molecule has 2 atom stereocenters. The number of rotatable bonds is 4. The van der Waals surface area contributed by atoms with Gasteiger partial charge in [-0.25, -0.2) is 0 Å². The van der Waals surface area contributed by atoms with Crippen molar-refractivity contribution in [2.45, 2.75) is 30.2 Å². The van der Waals surface area contributed by atoms with Crippen molar-refractivity contribution >= 4 is 22.0 Å². The molecule has 1 fully saturated rings. The SMILES string of the molecule is CN1CCC[C@@H]1Cc1c[nH]c2ccc(-c3ccccc3S(=O)[O-])cc12. The van der Waals surface area contributed by atoms with Gasteiger partial charge < -0.3 is 14.4 Å². The van der Waals surface area contributed by atoms with Crippen molar-refractivity contribution in [2.75, 3.05) is 13.6 Å². The Kier molecular flexibility index (Phi) is 4.46. The van der Waals surface area contributed by atoms with Crippen LogP contribution in [0, 0.1) is 0 Å². The quantitative estimate of drug-likeness (QED) is 0.728. The zero-order valence-electron chi connectivity index (χ0n) is 14.2. The highest BCUT2D eigenvalue weighted by atomic mass is 32.2. The van der Waals surface area contributed by atoms with Gasteiger partial charge in [0.05, 0.1) is 0 Å². The molecule has 0 saturated carbocycles. The lowest BCUT2D eigenvalue weighted by atomic mass is 9.99. The Labute approximate surface area is 150 Å². The lowest BCUT2D eigenvalue weighted by Crippen LogP contribution is -2.26. The van der Waals surface area contributed by atoms with Crippen LogP contribution in [0.1, 0.15) is 18.4 Å². The summed E-state index contributed by atoms with van der Waals surface area (Å²) in [7, 11) is 2.19. The predicted molar refractivity (Wildman–Crippen MR) is 100 cm³/mol. The van der Waals surface area contributed by atoms with E-state index in [2.05, 4.69) is 29.2 Å². The zero-order valence-corrected chi connectivity index (χ0v) is 15.0. The minimum Gasteiger partial charge on any atom is -0.768 e. The van der Waals surface area contributed by atoms with Gasteiger partial charge in [-0.05, 0) is 78.8 Å². The van der Waals surface area contributed by atoms with Gasteiger partial charge in [-0.1, -0.05) is 24.3 Å². The topological polar surface area (TPSA) is 59.2 Å². The van der Waals surface area contributed by atoms with Crippen molar-refractivity contribution in [1.82, 2.24) is 9.88 Å². The molecule has 5 heteroatoms. The fourth-order valence-electron chi connectivity index (χ4n) is 3.86. The third-order valence-electron chi connectivity index (χ3n) is 5.27. The molecule has 130 valence electrons. The Morgan fingerprint density at radius 3 is 2.88 bits per heavy atom. The maximum Gasteiger partial charge on any atom is 0.0457 e. The first-order valence-corrected chi connectivity index (χ1v) is 9.70. The lowest BCUT2D eigenvalue weighted by molar-refractivity contribution is 0.310. The summed E-state index contributed by atoms with van der Waals surface area (Å²) in [4.78, 5) is 6.12. The number of benzene rings is 2. The van der Waals surface area contributed by atoms with E-state index >= 15 is 0 Å². The molecule has 1 unspecified atom stereocenters. The molecule has 0 radical (unpaired) electrons. The Morgan fingerprint density at radius 1 is 1.28 bits per heavy atom. The Morgan fingerprint density at radius 2 is 2.12 bits per heavy atom. The van der Waals surface area contributed by atoms with E-state index in [-0.39, 0.29) is 0 Å². The van der Waals surface area contributed by atoms with Gasteiger partial charge in [-0.2, -0.15) is 0 Å². The number of aromatic nitrogens is 1. The van der Waals surface area contributed by atoms with Crippen molar-refractivity contribution in [2.24, 2.45) is 0 Å². The number of nitrogens with zero attached hydrogens (tertiary/aromatic N) is 1. The van der Waals surface area contributed by atoms with Crippen LogP contribution in [0.4, 0.5) is 0 Å². The molecule has 1 aliphatic heterocycles. The van der Waals surface area contributed by atoms with Crippen LogP contribution in [0.25, 0.3) is 22.0 Å². The predicted octanol–water partition coefficient (Wildman–Crippen LogP) is 3.71. The first-order chi connectivity index (χ1) is 12.1. The van der Waals surface area contributed by atoms with Crippen LogP contribution in [-0.4, -0.2) is 38.3 Å². The maximum atomic E-state index is 11.5. The fourth-order valence-corrected chi connectivity index (χ4v) is 4.41. The smallest absolute Gasteiger partial charge is 0.0457 e. The van der Waals surface area contributed by atoms with Gasteiger partial charge in [0.25, 0.3) is 0 Å². The third kappa shape index (κ3) is 3.15. The van der Waals surface area contributed by atoms with Crippen molar-refractivity contribution in [3.63, 3.8) is 0 Å². The summed E-state index contributed by atoms with van der Waals surface area (Å²) in [5.41, 5.74) is 4.09. The summed E-state index contributed by atoms with van der Waals surface area (Å²) in [6.07, 6.45) is 5.62. The number of hydrogen-bond donors (Lipinski definition) is 1. The highest BCUT2D eigenvalue weighted by Gasteiger charge is 2.22. The van der Waals surface area contributed by atoms with Crippen LogP contribution in [0.15, 0.2) is 53.6 Å². The summed E-state index contributed by atoms with van der Waals surface area (Å²) in [6.45, 7) is 1.17. The van der Waals surface area contributed by atoms with Crippen LogP contribution in [0.2, 0.25) is 0 Å². The third-order valence-corrected chi connectivity index (χ3v) is 5.99. The molecule has 1 saturated heterocycles. The number of likely N-dealkylation sites (N-methyl/N-ethyl adjacent to an activating group) is 1. The molecule has 4 nitrogen and oxygen atoms in total. The normalized spacial score (nSPS) is 19.5. The first-order valence-electron chi connectivity index (χ1n) is 8.62. The summed E-state index contributed by atoms with van der Waals surface area (Å²) < 4.78 is 23.1. The van der Waals surface area contributed by atoms with Gasteiger partial charge in [-0.15, -0.1) is 0 Å². The van der Waals surface area contributed by atoms with Gasteiger partial charge >= 0.3 is 0 Å². The molecular weight excluding hydrogens is 332 g/mol. The van der Waals surface area contributed by atoms with Crippen LogP contribution in [0.5, 0.6) is 0 Å². The number of fused-ring (bicyclic) bond motifs is 1. The second kappa shape index (κ2) is 6.75. The van der Waals surface area contributed by atoms with E-state index in [1.807, 2.05) is 24.3 Å². The molecule has 0 spiro atoms. The summed E-state index contributed by atoms with van der Waals surface area (Å²) >= 11 is -2.24. The molecule has 3 aromatic rings. The summed E-state index contributed by atoms with van der Waals surface area (Å²) in [5, 5.41) is 1.18. The van der Waals surface area contributed by atoms with Crippen molar-refractivity contribution < 1.29 is 8.76 Å². The van der Waals surface area contributed by atoms with Gasteiger partial charge in [0.1, 0.15) is 0 Å². The molecular formula is C20H21N2O2S-. The average molecular weight is 353 g/mol. The minimum atomic E-state index is -2.24. The second-order valence-electron chi connectivity index (χ2n) is 6.79.